The van der Waals surface area contributed by atoms with Gasteiger partial charge in [-0.2, -0.15) is 0 Å². The molecule has 0 bridgehead atoms. The highest BCUT2D eigenvalue weighted by Crippen LogP contribution is 2.13. The lowest BCUT2D eigenvalue weighted by Crippen LogP contribution is -2.09. The number of nitrogens with zero attached hydrogens (tertiary/aromatic N) is 3. The van der Waals surface area contributed by atoms with Crippen LogP contribution in [0, 0.1) is 0 Å². The molecular weight excluding hydrogens is 262 g/mol. The van der Waals surface area contributed by atoms with Crippen LogP contribution in [0.4, 0.5) is 11.6 Å². The van der Waals surface area contributed by atoms with Gasteiger partial charge in [-0.25, -0.2) is 9.97 Å². The third-order valence-electron chi connectivity index (χ3n) is 2.98. The monoisotopic (exact) mass is 285 g/mol. The Morgan fingerprint density at radius 1 is 1.00 bits per heavy atom. The zero-order valence-electron chi connectivity index (χ0n) is 12.8. The number of hydrogen-bond acceptors (Lipinski definition) is 5. The molecule has 0 spiro atoms. The minimum atomic E-state index is 0.663. The van der Waals surface area contributed by atoms with E-state index in [0.29, 0.717) is 6.54 Å². The van der Waals surface area contributed by atoms with E-state index in [4.69, 9.17) is 0 Å². The second kappa shape index (κ2) is 8.19. The van der Waals surface area contributed by atoms with Crippen molar-refractivity contribution in [1.29, 1.82) is 0 Å². The molecule has 0 amide bonds. The number of pyridine rings is 1. The number of aromatic nitrogens is 3. The minimum absolute atomic E-state index is 0.663. The summed E-state index contributed by atoms with van der Waals surface area (Å²) in [6.45, 7) is 5.86. The number of hydrogen-bond donors (Lipinski definition) is 2. The van der Waals surface area contributed by atoms with Crippen molar-refractivity contribution < 1.29 is 0 Å². The van der Waals surface area contributed by atoms with Crippen LogP contribution in [0.2, 0.25) is 0 Å². The lowest BCUT2D eigenvalue weighted by atomic mass is 10.3. The van der Waals surface area contributed by atoms with Gasteiger partial charge in [0.15, 0.2) is 0 Å². The van der Waals surface area contributed by atoms with Gasteiger partial charge in [-0.15, -0.1) is 0 Å². The van der Waals surface area contributed by atoms with Crippen molar-refractivity contribution in [1.82, 2.24) is 15.0 Å². The van der Waals surface area contributed by atoms with Crippen LogP contribution >= 0.6 is 0 Å². The van der Waals surface area contributed by atoms with Gasteiger partial charge in [-0.1, -0.05) is 19.9 Å². The summed E-state index contributed by atoms with van der Waals surface area (Å²) in [6.07, 6.45) is 4.80. The molecule has 0 aliphatic carbocycles. The van der Waals surface area contributed by atoms with Crippen LogP contribution in [0.15, 0.2) is 30.5 Å². The van der Waals surface area contributed by atoms with Gasteiger partial charge in [0.1, 0.15) is 17.5 Å². The molecule has 21 heavy (non-hydrogen) atoms. The van der Waals surface area contributed by atoms with Crippen LogP contribution in [0.5, 0.6) is 0 Å². The SMILES string of the molecule is CCCNc1cc(NCc2ccccn2)nc(CCC)n1. The molecule has 2 N–H and O–H groups in total. The van der Waals surface area contributed by atoms with Crippen molar-refractivity contribution in [2.24, 2.45) is 0 Å². The van der Waals surface area contributed by atoms with E-state index in [-0.39, 0.29) is 0 Å². The van der Waals surface area contributed by atoms with Gasteiger partial charge in [0.25, 0.3) is 0 Å². The number of anilines is 2. The van der Waals surface area contributed by atoms with E-state index in [1.54, 1.807) is 6.20 Å². The first kappa shape index (κ1) is 15.2. The van der Waals surface area contributed by atoms with Crippen LogP contribution in [0.25, 0.3) is 0 Å². The van der Waals surface area contributed by atoms with Gasteiger partial charge in [-0.3, -0.25) is 4.98 Å². The molecule has 5 heteroatoms. The quantitative estimate of drug-likeness (QED) is 0.779. The molecule has 2 aromatic rings. The topological polar surface area (TPSA) is 62.7 Å². The average Bonchev–Trinajstić information content (AvgIpc) is 2.52. The zero-order chi connectivity index (χ0) is 14.9. The largest absolute Gasteiger partial charge is 0.370 e. The van der Waals surface area contributed by atoms with Gasteiger partial charge in [-0.05, 0) is 25.0 Å². The minimum Gasteiger partial charge on any atom is -0.370 e. The Morgan fingerprint density at radius 3 is 2.48 bits per heavy atom. The molecule has 2 aromatic heterocycles. The summed E-state index contributed by atoms with van der Waals surface area (Å²) >= 11 is 0. The van der Waals surface area contributed by atoms with E-state index >= 15 is 0 Å². The molecule has 0 aliphatic rings. The van der Waals surface area contributed by atoms with Crippen molar-refractivity contribution in [2.75, 3.05) is 17.2 Å². The van der Waals surface area contributed by atoms with Gasteiger partial charge in [0.05, 0.1) is 12.2 Å². The molecule has 2 heterocycles. The Labute approximate surface area is 126 Å². The molecule has 0 atom stereocenters. The highest BCUT2D eigenvalue weighted by atomic mass is 15.1. The lowest BCUT2D eigenvalue weighted by molar-refractivity contribution is 0.830. The predicted molar refractivity (Wildman–Crippen MR) is 86.4 cm³/mol. The highest BCUT2D eigenvalue weighted by molar-refractivity contribution is 5.47. The molecule has 0 saturated carbocycles. The summed E-state index contributed by atoms with van der Waals surface area (Å²) in [7, 11) is 0. The summed E-state index contributed by atoms with van der Waals surface area (Å²) in [4.78, 5) is 13.4. The molecule has 0 saturated heterocycles. The van der Waals surface area contributed by atoms with Gasteiger partial charge in [0, 0.05) is 25.2 Å². The van der Waals surface area contributed by atoms with E-state index < -0.39 is 0 Å². The second-order valence-corrected chi connectivity index (χ2v) is 4.91. The fourth-order valence-electron chi connectivity index (χ4n) is 1.95. The van der Waals surface area contributed by atoms with E-state index in [9.17, 15) is 0 Å². The van der Waals surface area contributed by atoms with Crippen molar-refractivity contribution in [3.63, 3.8) is 0 Å². The van der Waals surface area contributed by atoms with Crippen LogP contribution in [-0.2, 0) is 13.0 Å². The lowest BCUT2D eigenvalue weighted by Gasteiger charge is -2.10. The fraction of sp³-hybridized carbons (Fsp3) is 0.438. The molecule has 0 unspecified atom stereocenters. The van der Waals surface area contributed by atoms with Gasteiger partial charge < -0.3 is 10.6 Å². The van der Waals surface area contributed by atoms with Crippen molar-refractivity contribution in [2.45, 2.75) is 39.7 Å². The Hall–Kier alpha value is -2.17. The third kappa shape index (κ3) is 5.02. The van der Waals surface area contributed by atoms with Gasteiger partial charge in [0.2, 0.25) is 0 Å². The predicted octanol–water partition coefficient (Wildman–Crippen LogP) is 3.26. The molecular formula is C16H23N5. The number of aryl methyl sites for hydroxylation is 1. The standard InChI is InChI=1S/C16H23N5/c1-3-7-14-20-15(18-9-4-2)11-16(21-14)19-12-13-8-5-6-10-17-13/h5-6,8,10-11H,3-4,7,9,12H2,1-2H3,(H2,18,19,20,21). The number of rotatable bonds is 8. The third-order valence-corrected chi connectivity index (χ3v) is 2.98. The first-order valence-electron chi connectivity index (χ1n) is 7.57. The smallest absolute Gasteiger partial charge is 0.133 e. The highest BCUT2D eigenvalue weighted by Gasteiger charge is 2.04. The van der Waals surface area contributed by atoms with Crippen LogP contribution in [-0.4, -0.2) is 21.5 Å². The number of nitrogens with one attached hydrogen (secondary N) is 2. The Bertz CT molecular complexity index is 542. The van der Waals surface area contributed by atoms with E-state index in [1.165, 1.54) is 0 Å². The fourth-order valence-corrected chi connectivity index (χ4v) is 1.95. The Morgan fingerprint density at radius 2 is 1.81 bits per heavy atom. The van der Waals surface area contributed by atoms with E-state index in [2.05, 4.69) is 39.4 Å². The maximum atomic E-state index is 4.56. The van der Waals surface area contributed by atoms with Crippen LogP contribution in [0.1, 0.15) is 38.2 Å². The summed E-state index contributed by atoms with van der Waals surface area (Å²) in [5, 5.41) is 6.65. The molecule has 0 radical (unpaired) electrons. The summed E-state index contributed by atoms with van der Waals surface area (Å²) in [5.74, 6) is 2.61. The zero-order valence-corrected chi connectivity index (χ0v) is 12.8. The summed E-state index contributed by atoms with van der Waals surface area (Å²) in [5.41, 5.74) is 0.997. The molecule has 0 aliphatic heterocycles. The van der Waals surface area contributed by atoms with E-state index in [0.717, 1.165) is 49.0 Å². The van der Waals surface area contributed by atoms with Crippen LogP contribution in [0.3, 0.4) is 0 Å². The molecule has 0 fully saturated rings. The second-order valence-electron chi connectivity index (χ2n) is 4.91. The van der Waals surface area contributed by atoms with Crippen molar-refractivity contribution >= 4 is 11.6 Å². The maximum absolute atomic E-state index is 4.56. The summed E-state index contributed by atoms with van der Waals surface area (Å²) < 4.78 is 0. The maximum Gasteiger partial charge on any atom is 0.133 e. The van der Waals surface area contributed by atoms with Crippen molar-refractivity contribution in [3.8, 4) is 0 Å². The summed E-state index contributed by atoms with van der Waals surface area (Å²) in [6, 6.07) is 7.86. The molecule has 2 rings (SSSR count). The average molecular weight is 285 g/mol. The molecule has 112 valence electrons. The molecule has 0 aromatic carbocycles. The first-order valence-corrected chi connectivity index (χ1v) is 7.57. The Kier molecular flexibility index (Phi) is 5.94. The first-order chi connectivity index (χ1) is 10.3. The normalized spacial score (nSPS) is 10.4. The van der Waals surface area contributed by atoms with Crippen molar-refractivity contribution in [3.05, 3.63) is 42.0 Å². The van der Waals surface area contributed by atoms with E-state index in [1.807, 2.05) is 24.3 Å². The Balaban J connectivity index is 2.07. The molecule has 5 nitrogen and oxygen atoms in total. The van der Waals surface area contributed by atoms with Gasteiger partial charge >= 0.3 is 0 Å². The van der Waals surface area contributed by atoms with Crippen LogP contribution < -0.4 is 10.6 Å².